The van der Waals surface area contributed by atoms with Crippen LogP contribution in [0.5, 0.6) is 0 Å². The van der Waals surface area contributed by atoms with Crippen LogP contribution in [0.25, 0.3) is 27.9 Å². The Morgan fingerprint density at radius 3 is 2.83 bits per heavy atom. The van der Waals surface area contributed by atoms with Gasteiger partial charge >= 0.3 is 0 Å². The molecule has 0 saturated heterocycles. The Morgan fingerprint density at radius 2 is 2.00 bits per heavy atom. The second kappa shape index (κ2) is 4.84. The fourth-order valence-corrected chi connectivity index (χ4v) is 2.53. The number of pyridine rings is 1. The van der Waals surface area contributed by atoms with Crippen LogP contribution in [-0.2, 0) is 4.79 Å². The highest BCUT2D eigenvalue weighted by Gasteiger charge is 2.08. The van der Waals surface area contributed by atoms with Gasteiger partial charge in [0.2, 0.25) is 5.91 Å². The normalized spacial score (nSPS) is 11.2. The minimum absolute atomic E-state index is 0.150. The van der Waals surface area contributed by atoms with E-state index < -0.39 is 0 Å². The van der Waals surface area contributed by atoms with Crippen molar-refractivity contribution in [3.8, 4) is 11.1 Å². The average molecular weight is 307 g/mol. The van der Waals surface area contributed by atoms with Gasteiger partial charge in [0.25, 0.3) is 6.01 Å². The Morgan fingerprint density at radius 1 is 1.17 bits per heavy atom. The third kappa shape index (κ3) is 2.38. The minimum atomic E-state index is -0.150. The molecule has 0 atom stereocenters. The number of nitrogens with zero attached hydrogens (tertiary/aromatic N) is 3. The van der Waals surface area contributed by atoms with Gasteiger partial charge in [-0.1, -0.05) is 6.07 Å². The first-order chi connectivity index (χ1) is 11.1. The molecule has 7 heteroatoms. The van der Waals surface area contributed by atoms with Gasteiger partial charge in [-0.2, -0.15) is 4.98 Å². The number of benzene rings is 1. The molecule has 0 fully saturated rings. The van der Waals surface area contributed by atoms with E-state index in [9.17, 15) is 4.79 Å². The maximum atomic E-state index is 11.1. The topological polar surface area (TPSA) is 98.5 Å². The number of carbonyl (C=O) groups is 1. The number of hydrogen-bond acceptors (Lipinski definition) is 5. The number of nitrogen functional groups attached to an aromatic ring is 1. The summed E-state index contributed by atoms with van der Waals surface area (Å²) in [6.07, 6.45) is 3.71. The van der Waals surface area contributed by atoms with E-state index in [-0.39, 0.29) is 11.9 Å². The van der Waals surface area contributed by atoms with E-state index in [0.29, 0.717) is 16.9 Å². The number of aromatic nitrogens is 3. The first-order valence-corrected chi connectivity index (χ1v) is 7.01. The van der Waals surface area contributed by atoms with Crippen molar-refractivity contribution in [2.24, 2.45) is 0 Å². The van der Waals surface area contributed by atoms with Crippen molar-refractivity contribution in [1.29, 1.82) is 0 Å². The largest absolute Gasteiger partial charge is 0.424 e. The minimum Gasteiger partial charge on any atom is -0.424 e. The molecule has 1 aromatic carbocycles. The Hall–Kier alpha value is -3.35. The maximum absolute atomic E-state index is 11.1. The maximum Gasteiger partial charge on any atom is 0.292 e. The van der Waals surface area contributed by atoms with E-state index in [0.717, 1.165) is 16.8 Å². The van der Waals surface area contributed by atoms with Crippen molar-refractivity contribution < 1.29 is 9.21 Å². The van der Waals surface area contributed by atoms with Crippen LogP contribution in [0, 0.1) is 0 Å². The number of hydrogen-bond donors (Lipinski definition) is 2. The fourth-order valence-electron chi connectivity index (χ4n) is 2.53. The number of nitrogens with two attached hydrogens (primary N) is 1. The summed E-state index contributed by atoms with van der Waals surface area (Å²) in [5, 5.41) is 2.67. The van der Waals surface area contributed by atoms with Crippen LogP contribution in [0.1, 0.15) is 6.92 Å². The molecule has 4 rings (SSSR count). The molecule has 3 N–H and O–H groups in total. The summed E-state index contributed by atoms with van der Waals surface area (Å²) in [5.41, 5.74) is 9.68. The smallest absolute Gasteiger partial charge is 0.292 e. The summed E-state index contributed by atoms with van der Waals surface area (Å²) in [6.45, 7) is 1.45. The van der Waals surface area contributed by atoms with Crippen molar-refractivity contribution in [1.82, 2.24) is 14.4 Å². The highest BCUT2D eigenvalue weighted by atomic mass is 16.4. The molecule has 0 radical (unpaired) electrons. The first kappa shape index (κ1) is 13.3. The molecule has 7 nitrogen and oxygen atoms in total. The summed E-state index contributed by atoms with van der Waals surface area (Å²) >= 11 is 0. The summed E-state index contributed by atoms with van der Waals surface area (Å²) < 4.78 is 7.14. The van der Waals surface area contributed by atoms with Crippen molar-refractivity contribution in [2.45, 2.75) is 6.92 Å². The van der Waals surface area contributed by atoms with E-state index in [1.54, 1.807) is 6.20 Å². The number of fused-ring (bicyclic) bond motifs is 2. The number of oxazole rings is 1. The summed E-state index contributed by atoms with van der Waals surface area (Å²) in [5.74, 6) is 0.372. The molecule has 0 spiro atoms. The average Bonchev–Trinajstić information content (AvgIpc) is 3.05. The lowest BCUT2D eigenvalue weighted by Crippen LogP contribution is -2.05. The number of rotatable bonds is 2. The molecule has 0 aliphatic rings. The predicted molar refractivity (Wildman–Crippen MR) is 86.9 cm³/mol. The lowest BCUT2D eigenvalue weighted by atomic mass is 10.1. The molecule has 114 valence electrons. The van der Waals surface area contributed by atoms with Gasteiger partial charge in [0.15, 0.2) is 11.4 Å². The van der Waals surface area contributed by atoms with Crippen LogP contribution in [0.2, 0.25) is 0 Å². The lowest BCUT2D eigenvalue weighted by molar-refractivity contribution is -0.114. The van der Waals surface area contributed by atoms with Crippen LogP contribution in [0.3, 0.4) is 0 Å². The van der Waals surface area contributed by atoms with Gasteiger partial charge in [0.05, 0.1) is 6.20 Å². The van der Waals surface area contributed by atoms with Crippen molar-refractivity contribution in [3.63, 3.8) is 0 Å². The van der Waals surface area contributed by atoms with Crippen LogP contribution in [0.4, 0.5) is 11.8 Å². The zero-order chi connectivity index (χ0) is 16.0. The zero-order valence-electron chi connectivity index (χ0n) is 12.3. The van der Waals surface area contributed by atoms with Gasteiger partial charge in [0, 0.05) is 13.1 Å². The Bertz CT molecular complexity index is 1050. The predicted octanol–water partition coefficient (Wildman–Crippen LogP) is 2.68. The standard InChI is InChI=1S/C16H13N5O2/c1-9(22)18-14-8-21-7-11(3-5-15(21)20-14)10-2-4-13-12(6-10)19-16(17)23-13/h2-8H,1H3,(H2,17,19)(H,18,22). The van der Waals surface area contributed by atoms with Gasteiger partial charge in [-0.25, -0.2) is 4.98 Å². The molecule has 0 saturated carbocycles. The molecule has 0 bridgehead atoms. The van der Waals surface area contributed by atoms with E-state index in [1.165, 1.54) is 6.92 Å². The van der Waals surface area contributed by atoms with Gasteiger partial charge in [-0.3, -0.25) is 4.79 Å². The highest BCUT2D eigenvalue weighted by Crippen LogP contribution is 2.26. The van der Waals surface area contributed by atoms with Crippen LogP contribution < -0.4 is 11.1 Å². The van der Waals surface area contributed by atoms with E-state index in [2.05, 4.69) is 15.3 Å². The zero-order valence-corrected chi connectivity index (χ0v) is 12.3. The SMILES string of the molecule is CC(=O)Nc1cn2cc(-c3ccc4oc(N)nc4c3)ccc2n1. The van der Waals surface area contributed by atoms with E-state index >= 15 is 0 Å². The molecule has 3 heterocycles. The molecule has 0 aliphatic heterocycles. The van der Waals surface area contributed by atoms with E-state index in [4.69, 9.17) is 10.2 Å². The first-order valence-electron chi connectivity index (χ1n) is 7.01. The fraction of sp³-hybridized carbons (Fsp3) is 0.0625. The monoisotopic (exact) mass is 307 g/mol. The molecule has 23 heavy (non-hydrogen) atoms. The lowest BCUT2D eigenvalue weighted by Gasteiger charge is -2.02. The van der Waals surface area contributed by atoms with Gasteiger partial charge in [-0.15, -0.1) is 0 Å². The third-order valence-corrected chi connectivity index (χ3v) is 3.49. The molecular formula is C16H13N5O2. The molecule has 0 unspecified atom stereocenters. The van der Waals surface area contributed by atoms with E-state index in [1.807, 2.05) is 40.9 Å². The number of anilines is 2. The van der Waals surface area contributed by atoms with Crippen LogP contribution >= 0.6 is 0 Å². The molecule has 4 aromatic rings. The second-order valence-electron chi connectivity index (χ2n) is 5.23. The second-order valence-corrected chi connectivity index (χ2v) is 5.23. The number of nitrogens with one attached hydrogen (secondary N) is 1. The van der Waals surface area contributed by atoms with Crippen molar-refractivity contribution in [2.75, 3.05) is 11.1 Å². The van der Waals surface area contributed by atoms with Gasteiger partial charge in [0.1, 0.15) is 11.2 Å². The molecule has 0 aliphatic carbocycles. The third-order valence-electron chi connectivity index (χ3n) is 3.49. The van der Waals surface area contributed by atoms with Gasteiger partial charge < -0.3 is 19.9 Å². The van der Waals surface area contributed by atoms with Gasteiger partial charge in [-0.05, 0) is 35.4 Å². The Kier molecular flexibility index (Phi) is 2.80. The molecule has 1 amide bonds. The van der Waals surface area contributed by atoms with Crippen LogP contribution in [-0.4, -0.2) is 20.3 Å². The summed E-state index contributed by atoms with van der Waals surface area (Å²) in [4.78, 5) is 19.6. The highest BCUT2D eigenvalue weighted by molar-refractivity contribution is 5.88. The number of carbonyl (C=O) groups excluding carboxylic acids is 1. The summed E-state index contributed by atoms with van der Waals surface area (Å²) in [7, 11) is 0. The quantitative estimate of drug-likeness (QED) is 0.593. The Labute approximate surface area is 130 Å². The van der Waals surface area contributed by atoms with Crippen molar-refractivity contribution >= 4 is 34.5 Å². The molecule has 3 aromatic heterocycles. The van der Waals surface area contributed by atoms with Crippen molar-refractivity contribution in [3.05, 3.63) is 42.7 Å². The molecular weight excluding hydrogens is 294 g/mol. The summed E-state index contributed by atoms with van der Waals surface area (Å²) in [6, 6.07) is 9.71. The van der Waals surface area contributed by atoms with Crippen LogP contribution in [0.15, 0.2) is 47.1 Å². The number of imidazole rings is 1. The Balaban J connectivity index is 1.78. The number of amides is 1.